The molecule has 1 heterocycles. The summed E-state index contributed by atoms with van der Waals surface area (Å²) in [5, 5.41) is 3.03. The Bertz CT molecular complexity index is 976. The van der Waals surface area contributed by atoms with Gasteiger partial charge in [-0.05, 0) is 43.2 Å². The molecule has 0 aliphatic carbocycles. The van der Waals surface area contributed by atoms with Gasteiger partial charge in [-0.25, -0.2) is 4.98 Å². The molecule has 2 aromatic carbocycles. The normalized spacial score (nSPS) is 10.5. The van der Waals surface area contributed by atoms with Crippen molar-refractivity contribution in [1.82, 2.24) is 4.98 Å². The molecule has 1 aromatic heterocycles. The van der Waals surface area contributed by atoms with Gasteiger partial charge in [0, 0.05) is 16.0 Å². The summed E-state index contributed by atoms with van der Waals surface area (Å²) in [5.41, 5.74) is 3.41. The molecule has 0 radical (unpaired) electrons. The van der Waals surface area contributed by atoms with Crippen molar-refractivity contribution in [2.45, 2.75) is 26.7 Å². The lowest BCUT2D eigenvalue weighted by Gasteiger charge is -2.03. The van der Waals surface area contributed by atoms with Crippen LogP contribution in [0.2, 0.25) is 0 Å². The van der Waals surface area contributed by atoms with Crippen LogP contribution in [0.25, 0.3) is 11.3 Å². The van der Waals surface area contributed by atoms with Crippen LogP contribution in [0, 0.1) is 6.92 Å². The SMILES string of the molecule is CCCc1ccc(-c2nc(NC(=O)C(=O)c3ccc(OC)cc3)sc2C)cc1. The lowest BCUT2D eigenvalue weighted by molar-refractivity contribution is -0.112. The molecular weight excluding hydrogens is 372 g/mol. The Morgan fingerprint density at radius 1 is 1.07 bits per heavy atom. The number of nitrogens with one attached hydrogen (secondary N) is 1. The van der Waals surface area contributed by atoms with Gasteiger partial charge >= 0.3 is 0 Å². The number of Topliss-reactive ketones (excluding diaryl/α,β-unsaturated/α-hetero) is 1. The van der Waals surface area contributed by atoms with E-state index in [1.165, 1.54) is 16.9 Å². The first kappa shape index (κ1) is 19.8. The van der Waals surface area contributed by atoms with Gasteiger partial charge in [0.25, 0.3) is 11.7 Å². The van der Waals surface area contributed by atoms with Gasteiger partial charge in [0.05, 0.1) is 12.8 Å². The number of hydrogen-bond acceptors (Lipinski definition) is 5. The van der Waals surface area contributed by atoms with Crippen molar-refractivity contribution in [3.8, 4) is 17.0 Å². The number of ketones is 1. The van der Waals surface area contributed by atoms with E-state index in [-0.39, 0.29) is 0 Å². The zero-order valence-electron chi connectivity index (χ0n) is 16.1. The summed E-state index contributed by atoms with van der Waals surface area (Å²) >= 11 is 1.36. The number of anilines is 1. The number of aryl methyl sites for hydroxylation is 2. The zero-order chi connectivity index (χ0) is 20.1. The van der Waals surface area contributed by atoms with Crippen molar-refractivity contribution in [3.63, 3.8) is 0 Å². The van der Waals surface area contributed by atoms with Crippen molar-refractivity contribution in [1.29, 1.82) is 0 Å². The average molecular weight is 394 g/mol. The molecule has 0 fully saturated rings. The maximum Gasteiger partial charge on any atom is 0.298 e. The Hall–Kier alpha value is -2.99. The first-order valence-electron chi connectivity index (χ1n) is 9.08. The third-order valence-electron chi connectivity index (χ3n) is 4.34. The van der Waals surface area contributed by atoms with Gasteiger partial charge in [0.2, 0.25) is 0 Å². The number of ether oxygens (including phenoxy) is 1. The van der Waals surface area contributed by atoms with E-state index in [0.29, 0.717) is 16.4 Å². The van der Waals surface area contributed by atoms with Gasteiger partial charge in [-0.1, -0.05) is 37.6 Å². The second-order valence-electron chi connectivity index (χ2n) is 6.38. The summed E-state index contributed by atoms with van der Waals surface area (Å²) in [4.78, 5) is 30.1. The Morgan fingerprint density at radius 2 is 1.75 bits per heavy atom. The van der Waals surface area contributed by atoms with Crippen molar-refractivity contribution in [2.24, 2.45) is 0 Å². The van der Waals surface area contributed by atoms with E-state index in [1.54, 1.807) is 31.4 Å². The molecule has 5 nitrogen and oxygen atoms in total. The number of thiazole rings is 1. The fourth-order valence-electron chi connectivity index (χ4n) is 2.86. The maximum absolute atomic E-state index is 12.3. The van der Waals surface area contributed by atoms with Crippen LogP contribution in [0.5, 0.6) is 5.75 Å². The lowest BCUT2D eigenvalue weighted by Crippen LogP contribution is -2.22. The Morgan fingerprint density at radius 3 is 2.36 bits per heavy atom. The largest absolute Gasteiger partial charge is 0.497 e. The van der Waals surface area contributed by atoms with E-state index in [2.05, 4.69) is 29.4 Å². The molecule has 0 saturated carbocycles. The van der Waals surface area contributed by atoms with Crippen LogP contribution in [-0.4, -0.2) is 23.8 Å². The van der Waals surface area contributed by atoms with Crippen LogP contribution in [0.1, 0.15) is 34.1 Å². The van der Waals surface area contributed by atoms with E-state index >= 15 is 0 Å². The van der Waals surface area contributed by atoms with Crippen molar-refractivity contribution < 1.29 is 14.3 Å². The van der Waals surface area contributed by atoms with Gasteiger partial charge in [-0.15, -0.1) is 11.3 Å². The highest BCUT2D eigenvalue weighted by Crippen LogP contribution is 2.30. The van der Waals surface area contributed by atoms with Crippen LogP contribution < -0.4 is 10.1 Å². The predicted octanol–water partition coefficient (Wildman–Crippen LogP) is 4.90. The second-order valence-corrected chi connectivity index (χ2v) is 7.59. The molecule has 0 unspecified atom stereocenters. The first-order chi connectivity index (χ1) is 13.5. The first-order valence-corrected chi connectivity index (χ1v) is 9.90. The molecular formula is C22H22N2O3S. The molecule has 0 saturated heterocycles. The lowest BCUT2D eigenvalue weighted by atomic mass is 10.1. The Kier molecular flexibility index (Phi) is 6.21. The third kappa shape index (κ3) is 4.46. The summed E-state index contributed by atoms with van der Waals surface area (Å²) in [6, 6.07) is 14.7. The number of amides is 1. The summed E-state index contributed by atoms with van der Waals surface area (Å²) in [6.07, 6.45) is 2.15. The van der Waals surface area contributed by atoms with E-state index in [1.807, 2.05) is 19.1 Å². The van der Waals surface area contributed by atoms with E-state index < -0.39 is 11.7 Å². The molecule has 0 spiro atoms. The number of carbonyl (C=O) groups excluding carboxylic acids is 2. The minimum Gasteiger partial charge on any atom is -0.497 e. The molecule has 0 aliphatic heterocycles. The predicted molar refractivity (Wildman–Crippen MR) is 112 cm³/mol. The summed E-state index contributed by atoms with van der Waals surface area (Å²) in [7, 11) is 1.54. The molecule has 1 amide bonds. The zero-order valence-corrected chi connectivity index (χ0v) is 16.9. The minimum absolute atomic E-state index is 0.304. The van der Waals surface area contributed by atoms with Gasteiger partial charge < -0.3 is 4.74 Å². The highest BCUT2D eigenvalue weighted by Gasteiger charge is 2.19. The number of hydrogen-bond donors (Lipinski definition) is 1. The fourth-order valence-corrected chi connectivity index (χ4v) is 3.69. The number of nitrogens with zero attached hydrogens (tertiary/aromatic N) is 1. The number of benzene rings is 2. The van der Waals surface area contributed by atoms with Crippen molar-refractivity contribution in [3.05, 3.63) is 64.5 Å². The van der Waals surface area contributed by atoms with E-state index in [0.717, 1.165) is 29.0 Å². The minimum atomic E-state index is -0.705. The third-order valence-corrected chi connectivity index (χ3v) is 5.23. The highest BCUT2D eigenvalue weighted by molar-refractivity contribution is 7.16. The van der Waals surface area contributed by atoms with Crippen LogP contribution in [-0.2, 0) is 11.2 Å². The number of aromatic nitrogens is 1. The van der Waals surface area contributed by atoms with Gasteiger partial charge in [-0.3, -0.25) is 14.9 Å². The van der Waals surface area contributed by atoms with Crippen LogP contribution >= 0.6 is 11.3 Å². The standard InChI is InChI=1S/C22H22N2O3S/c1-4-5-15-6-8-16(9-7-15)19-14(2)28-22(23-19)24-21(26)20(25)17-10-12-18(27-3)13-11-17/h6-13H,4-5H2,1-3H3,(H,23,24,26). The van der Waals surface area contributed by atoms with E-state index in [9.17, 15) is 9.59 Å². The summed E-state index contributed by atoms with van der Waals surface area (Å²) < 4.78 is 5.06. The molecule has 144 valence electrons. The van der Waals surface area contributed by atoms with Crippen LogP contribution in [0.4, 0.5) is 5.13 Å². The molecule has 3 rings (SSSR count). The van der Waals surface area contributed by atoms with Crippen LogP contribution in [0.15, 0.2) is 48.5 Å². The Balaban J connectivity index is 1.73. The van der Waals surface area contributed by atoms with E-state index in [4.69, 9.17) is 4.74 Å². The molecule has 0 aliphatic rings. The maximum atomic E-state index is 12.3. The Labute approximate surface area is 168 Å². The highest BCUT2D eigenvalue weighted by atomic mass is 32.1. The number of methoxy groups -OCH3 is 1. The molecule has 28 heavy (non-hydrogen) atoms. The van der Waals surface area contributed by atoms with Crippen LogP contribution in [0.3, 0.4) is 0 Å². The average Bonchev–Trinajstić information content (AvgIpc) is 3.08. The van der Waals surface area contributed by atoms with Crippen molar-refractivity contribution in [2.75, 3.05) is 12.4 Å². The number of carbonyl (C=O) groups is 2. The quantitative estimate of drug-likeness (QED) is 0.457. The van der Waals surface area contributed by atoms with Gasteiger partial charge in [0.15, 0.2) is 5.13 Å². The van der Waals surface area contributed by atoms with Crippen molar-refractivity contribution >= 4 is 28.2 Å². The van der Waals surface area contributed by atoms with Gasteiger partial charge in [-0.2, -0.15) is 0 Å². The molecule has 6 heteroatoms. The smallest absolute Gasteiger partial charge is 0.298 e. The monoisotopic (exact) mass is 394 g/mol. The molecule has 0 bridgehead atoms. The summed E-state index contributed by atoms with van der Waals surface area (Å²) in [5.74, 6) is -0.688. The topological polar surface area (TPSA) is 68.3 Å². The summed E-state index contributed by atoms with van der Waals surface area (Å²) in [6.45, 7) is 4.11. The van der Waals surface area contributed by atoms with Gasteiger partial charge in [0.1, 0.15) is 5.75 Å². The fraction of sp³-hybridized carbons (Fsp3) is 0.227. The molecule has 0 atom stereocenters. The number of rotatable bonds is 7. The molecule has 3 aromatic rings. The molecule has 1 N–H and O–H groups in total. The second kappa shape index (κ2) is 8.80.